The summed E-state index contributed by atoms with van der Waals surface area (Å²) in [5, 5.41) is 0. The lowest BCUT2D eigenvalue weighted by atomic mass is 9.70. The molecular weight excluding hydrogens is 172 g/mol. The van der Waals surface area contributed by atoms with Crippen LogP contribution in [0.1, 0.15) is 32.6 Å². The van der Waals surface area contributed by atoms with Gasteiger partial charge in [-0.2, -0.15) is 0 Å². The average Bonchev–Trinajstić information content (AvgIpc) is 2.24. The Balaban J connectivity index is 2.06. The van der Waals surface area contributed by atoms with Crippen molar-refractivity contribution in [2.75, 3.05) is 6.61 Å². The summed E-state index contributed by atoms with van der Waals surface area (Å²) in [5.41, 5.74) is 1.66. The second-order valence-corrected chi connectivity index (χ2v) is 4.90. The first-order valence-electron chi connectivity index (χ1n) is 5.89. The molecule has 0 aromatic rings. The predicted octanol–water partition coefficient (Wildman–Crippen LogP) is 3.28. The monoisotopic (exact) mass is 190 g/mol. The second kappa shape index (κ2) is 3.15. The lowest BCUT2D eigenvalue weighted by Gasteiger charge is -2.40. The van der Waals surface area contributed by atoms with Crippen LogP contribution in [0, 0.1) is 17.8 Å². The first-order chi connectivity index (χ1) is 6.86. The molecule has 3 rings (SSSR count). The zero-order valence-electron chi connectivity index (χ0n) is 8.83. The van der Waals surface area contributed by atoms with Crippen LogP contribution in [0.5, 0.6) is 0 Å². The van der Waals surface area contributed by atoms with Crippen LogP contribution in [0.4, 0.5) is 0 Å². The Hall–Kier alpha value is -0.720. The SMILES string of the molecule is C[C@@H]1CC[C@H]2CC=C[C@@H]3CCOC1=C23. The first kappa shape index (κ1) is 8.58. The normalized spacial score (nSPS) is 40.5. The molecule has 0 N–H and O–H groups in total. The smallest absolute Gasteiger partial charge is 0.0988 e. The van der Waals surface area contributed by atoms with Crippen molar-refractivity contribution in [3.05, 3.63) is 23.5 Å². The summed E-state index contributed by atoms with van der Waals surface area (Å²) in [6.45, 7) is 3.25. The molecule has 0 bridgehead atoms. The minimum atomic E-state index is 0.676. The number of hydrogen-bond acceptors (Lipinski definition) is 1. The molecule has 0 aromatic heterocycles. The zero-order valence-corrected chi connectivity index (χ0v) is 8.83. The summed E-state index contributed by atoms with van der Waals surface area (Å²) in [4.78, 5) is 0. The third kappa shape index (κ3) is 1.14. The summed E-state index contributed by atoms with van der Waals surface area (Å²) in [6, 6.07) is 0. The highest BCUT2D eigenvalue weighted by Crippen LogP contribution is 2.46. The van der Waals surface area contributed by atoms with Gasteiger partial charge in [0, 0.05) is 11.8 Å². The molecule has 0 unspecified atom stereocenters. The van der Waals surface area contributed by atoms with E-state index in [0.29, 0.717) is 5.92 Å². The Morgan fingerprint density at radius 3 is 3.14 bits per heavy atom. The number of ether oxygens (including phenoxy) is 1. The van der Waals surface area contributed by atoms with Gasteiger partial charge in [0.25, 0.3) is 0 Å². The summed E-state index contributed by atoms with van der Waals surface area (Å²) >= 11 is 0. The summed E-state index contributed by atoms with van der Waals surface area (Å²) < 4.78 is 5.88. The second-order valence-electron chi connectivity index (χ2n) is 4.90. The topological polar surface area (TPSA) is 9.23 Å². The molecule has 1 heteroatoms. The third-order valence-corrected chi connectivity index (χ3v) is 3.99. The summed E-state index contributed by atoms with van der Waals surface area (Å²) in [7, 11) is 0. The Morgan fingerprint density at radius 1 is 1.29 bits per heavy atom. The third-order valence-electron chi connectivity index (χ3n) is 3.99. The van der Waals surface area contributed by atoms with E-state index in [9.17, 15) is 0 Å². The minimum Gasteiger partial charge on any atom is -0.498 e. The maximum absolute atomic E-state index is 5.88. The molecule has 0 saturated heterocycles. The van der Waals surface area contributed by atoms with E-state index in [4.69, 9.17) is 4.74 Å². The van der Waals surface area contributed by atoms with E-state index >= 15 is 0 Å². The van der Waals surface area contributed by atoms with E-state index in [-0.39, 0.29) is 0 Å². The fraction of sp³-hybridized carbons (Fsp3) is 0.692. The number of allylic oxidation sites excluding steroid dienone is 4. The zero-order chi connectivity index (χ0) is 9.54. The van der Waals surface area contributed by atoms with Crippen molar-refractivity contribution in [2.24, 2.45) is 17.8 Å². The van der Waals surface area contributed by atoms with Crippen LogP contribution in [-0.4, -0.2) is 6.61 Å². The molecule has 0 radical (unpaired) electrons. The maximum atomic E-state index is 5.88. The molecule has 76 valence electrons. The fourth-order valence-corrected chi connectivity index (χ4v) is 3.24. The van der Waals surface area contributed by atoms with Crippen LogP contribution >= 0.6 is 0 Å². The van der Waals surface area contributed by atoms with Gasteiger partial charge >= 0.3 is 0 Å². The van der Waals surface area contributed by atoms with Crippen molar-refractivity contribution in [1.29, 1.82) is 0 Å². The van der Waals surface area contributed by atoms with Crippen LogP contribution in [0.3, 0.4) is 0 Å². The molecule has 1 nitrogen and oxygen atoms in total. The highest BCUT2D eigenvalue weighted by Gasteiger charge is 2.36. The Morgan fingerprint density at radius 2 is 2.21 bits per heavy atom. The van der Waals surface area contributed by atoms with Gasteiger partial charge in [-0.05, 0) is 37.2 Å². The van der Waals surface area contributed by atoms with Crippen LogP contribution in [0.15, 0.2) is 23.5 Å². The van der Waals surface area contributed by atoms with E-state index in [2.05, 4.69) is 19.1 Å². The van der Waals surface area contributed by atoms with Gasteiger partial charge in [-0.1, -0.05) is 19.1 Å². The highest BCUT2D eigenvalue weighted by atomic mass is 16.5. The standard InChI is InChI=1S/C13H18O/c1-9-5-6-10-3-2-4-11-7-8-14-13(9)12(10)11/h2,4,9-11H,3,5-8H2,1H3/t9-,10-,11-/m1/s1. The minimum absolute atomic E-state index is 0.676. The molecule has 14 heavy (non-hydrogen) atoms. The molecular formula is C13H18O. The van der Waals surface area contributed by atoms with Gasteiger partial charge in [0.05, 0.1) is 12.4 Å². The molecule has 0 amide bonds. The van der Waals surface area contributed by atoms with E-state index in [1.165, 1.54) is 31.4 Å². The van der Waals surface area contributed by atoms with Gasteiger partial charge in [0.2, 0.25) is 0 Å². The summed E-state index contributed by atoms with van der Waals surface area (Å²) in [5.74, 6) is 3.58. The maximum Gasteiger partial charge on any atom is 0.0988 e. The van der Waals surface area contributed by atoms with E-state index in [1.54, 1.807) is 5.57 Å². The van der Waals surface area contributed by atoms with Gasteiger partial charge in [0.1, 0.15) is 0 Å². The Labute approximate surface area is 85.8 Å². The van der Waals surface area contributed by atoms with Crippen LogP contribution in [0.25, 0.3) is 0 Å². The first-order valence-corrected chi connectivity index (χ1v) is 5.89. The van der Waals surface area contributed by atoms with Crippen molar-refractivity contribution < 1.29 is 4.74 Å². The van der Waals surface area contributed by atoms with E-state index < -0.39 is 0 Å². The quantitative estimate of drug-likeness (QED) is 0.533. The fourth-order valence-electron chi connectivity index (χ4n) is 3.24. The lowest BCUT2D eigenvalue weighted by molar-refractivity contribution is 0.118. The van der Waals surface area contributed by atoms with Crippen molar-refractivity contribution in [3.63, 3.8) is 0 Å². The van der Waals surface area contributed by atoms with E-state index in [1.807, 2.05) is 0 Å². The molecule has 0 saturated carbocycles. The Bertz CT molecular complexity index is 300. The molecule has 3 atom stereocenters. The van der Waals surface area contributed by atoms with Gasteiger partial charge in [0.15, 0.2) is 0 Å². The number of hydrogen-bond donors (Lipinski definition) is 0. The molecule has 1 aliphatic heterocycles. The average molecular weight is 190 g/mol. The molecule has 0 spiro atoms. The van der Waals surface area contributed by atoms with Crippen LogP contribution in [-0.2, 0) is 4.74 Å². The van der Waals surface area contributed by atoms with Crippen molar-refractivity contribution >= 4 is 0 Å². The predicted molar refractivity (Wildman–Crippen MR) is 56.7 cm³/mol. The molecule has 3 aliphatic rings. The van der Waals surface area contributed by atoms with Gasteiger partial charge in [-0.15, -0.1) is 0 Å². The van der Waals surface area contributed by atoms with Gasteiger partial charge < -0.3 is 4.74 Å². The molecule has 2 aliphatic carbocycles. The van der Waals surface area contributed by atoms with Gasteiger partial charge in [-0.25, -0.2) is 0 Å². The van der Waals surface area contributed by atoms with Crippen LogP contribution < -0.4 is 0 Å². The Kier molecular flexibility index (Phi) is 1.93. The molecule has 0 fully saturated rings. The van der Waals surface area contributed by atoms with Crippen molar-refractivity contribution in [3.8, 4) is 0 Å². The summed E-state index contributed by atoms with van der Waals surface area (Å²) in [6.07, 6.45) is 9.96. The van der Waals surface area contributed by atoms with Crippen molar-refractivity contribution in [2.45, 2.75) is 32.6 Å². The lowest BCUT2D eigenvalue weighted by Crippen LogP contribution is -2.30. The van der Waals surface area contributed by atoms with Crippen LogP contribution in [0.2, 0.25) is 0 Å². The van der Waals surface area contributed by atoms with Crippen molar-refractivity contribution in [1.82, 2.24) is 0 Å². The molecule has 1 heterocycles. The van der Waals surface area contributed by atoms with Gasteiger partial charge in [-0.3, -0.25) is 0 Å². The molecule has 0 aromatic carbocycles. The largest absolute Gasteiger partial charge is 0.498 e. The number of rotatable bonds is 0. The highest BCUT2D eigenvalue weighted by molar-refractivity contribution is 5.29. The van der Waals surface area contributed by atoms with E-state index in [0.717, 1.165) is 18.4 Å².